The van der Waals surface area contributed by atoms with Gasteiger partial charge in [0.2, 0.25) is 10.0 Å². The van der Waals surface area contributed by atoms with Crippen LogP contribution in [0.1, 0.15) is 24.8 Å². The lowest BCUT2D eigenvalue weighted by Crippen LogP contribution is -2.30. The first-order valence-electron chi connectivity index (χ1n) is 6.26. The number of aromatic nitrogens is 1. The lowest BCUT2D eigenvalue weighted by atomic mass is 10.3. The normalized spacial score (nSPS) is 15.8. The first-order chi connectivity index (χ1) is 8.68. The van der Waals surface area contributed by atoms with Gasteiger partial charge in [0.25, 0.3) is 0 Å². The molecule has 0 aromatic carbocycles. The van der Waals surface area contributed by atoms with Crippen molar-refractivity contribution in [2.75, 3.05) is 13.1 Å². The molecule has 0 aliphatic heterocycles. The Morgan fingerprint density at radius 2 is 2.17 bits per heavy atom. The van der Waals surface area contributed by atoms with E-state index in [4.69, 9.17) is 0 Å². The van der Waals surface area contributed by atoms with E-state index in [0.717, 1.165) is 37.9 Å². The lowest BCUT2D eigenvalue weighted by molar-refractivity contribution is 0.572. The zero-order valence-corrected chi connectivity index (χ0v) is 11.1. The van der Waals surface area contributed by atoms with Gasteiger partial charge in [0.05, 0.1) is 5.25 Å². The molecule has 0 spiro atoms. The summed E-state index contributed by atoms with van der Waals surface area (Å²) in [6.45, 7) is 2.07. The molecule has 2 N–H and O–H groups in total. The van der Waals surface area contributed by atoms with Crippen LogP contribution in [0.4, 0.5) is 0 Å². The minimum atomic E-state index is -3.01. The van der Waals surface area contributed by atoms with Gasteiger partial charge in [0, 0.05) is 25.5 Å². The van der Waals surface area contributed by atoms with Crippen LogP contribution in [-0.4, -0.2) is 31.7 Å². The number of pyridine rings is 1. The minimum absolute atomic E-state index is 0.124. The topological polar surface area (TPSA) is 71.1 Å². The molecule has 1 fully saturated rings. The Kier molecular flexibility index (Phi) is 4.68. The van der Waals surface area contributed by atoms with Crippen LogP contribution in [0.15, 0.2) is 24.5 Å². The van der Waals surface area contributed by atoms with E-state index < -0.39 is 10.0 Å². The van der Waals surface area contributed by atoms with Crippen LogP contribution in [0.5, 0.6) is 0 Å². The second kappa shape index (κ2) is 6.26. The summed E-state index contributed by atoms with van der Waals surface area (Å²) in [5.41, 5.74) is 1.14. The number of hydrogen-bond donors (Lipinski definition) is 2. The van der Waals surface area contributed by atoms with Gasteiger partial charge in [-0.05, 0) is 37.4 Å². The van der Waals surface area contributed by atoms with Crippen LogP contribution < -0.4 is 10.0 Å². The van der Waals surface area contributed by atoms with Crippen molar-refractivity contribution in [2.45, 2.75) is 31.1 Å². The average molecular weight is 269 g/mol. The molecule has 18 heavy (non-hydrogen) atoms. The molecule has 1 heterocycles. The predicted molar refractivity (Wildman–Crippen MR) is 70.5 cm³/mol. The molecule has 1 aromatic heterocycles. The van der Waals surface area contributed by atoms with Crippen molar-refractivity contribution in [3.8, 4) is 0 Å². The Hall–Kier alpha value is -0.980. The van der Waals surface area contributed by atoms with Crippen LogP contribution in [0.25, 0.3) is 0 Å². The fourth-order valence-corrected chi connectivity index (χ4v) is 3.08. The summed E-state index contributed by atoms with van der Waals surface area (Å²) in [7, 11) is -3.01. The molecule has 1 saturated carbocycles. The Bertz CT molecular complexity index is 457. The molecule has 0 amide bonds. The van der Waals surface area contributed by atoms with Gasteiger partial charge in [-0.25, -0.2) is 13.1 Å². The van der Waals surface area contributed by atoms with Crippen LogP contribution >= 0.6 is 0 Å². The highest BCUT2D eigenvalue weighted by atomic mass is 32.2. The smallest absolute Gasteiger partial charge is 0.214 e. The summed E-state index contributed by atoms with van der Waals surface area (Å²) in [4.78, 5) is 4.03. The number of sulfonamides is 1. The molecule has 0 unspecified atom stereocenters. The molecule has 1 aromatic rings. The van der Waals surface area contributed by atoms with E-state index in [1.807, 2.05) is 18.3 Å². The van der Waals surface area contributed by atoms with Gasteiger partial charge in [-0.15, -0.1) is 0 Å². The van der Waals surface area contributed by atoms with E-state index in [9.17, 15) is 8.42 Å². The van der Waals surface area contributed by atoms with Crippen molar-refractivity contribution in [3.63, 3.8) is 0 Å². The van der Waals surface area contributed by atoms with Gasteiger partial charge >= 0.3 is 0 Å². The van der Waals surface area contributed by atoms with Crippen molar-refractivity contribution < 1.29 is 8.42 Å². The van der Waals surface area contributed by atoms with E-state index in [1.165, 1.54) is 0 Å². The van der Waals surface area contributed by atoms with Crippen molar-refractivity contribution in [2.24, 2.45) is 0 Å². The van der Waals surface area contributed by atoms with Gasteiger partial charge < -0.3 is 5.32 Å². The van der Waals surface area contributed by atoms with Crippen molar-refractivity contribution in [1.82, 2.24) is 15.0 Å². The van der Waals surface area contributed by atoms with Gasteiger partial charge in [-0.1, -0.05) is 6.07 Å². The quantitative estimate of drug-likeness (QED) is 0.680. The summed E-state index contributed by atoms with van der Waals surface area (Å²) >= 11 is 0. The molecular formula is C12H19N3O2S. The average Bonchev–Trinajstić information content (AvgIpc) is 3.19. The molecule has 100 valence electrons. The summed E-state index contributed by atoms with van der Waals surface area (Å²) in [6.07, 6.45) is 5.99. The molecule has 0 bridgehead atoms. The maximum Gasteiger partial charge on any atom is 0.214 e. The van der Waals surface area contributed by atoms with E-state index in [-0.39, 0.29) is 5.25 Å². The third kappa shape index (κ3) is 4.36. The Labute approximate surface area is 108 Å². The summed E-state index contributed by atoms with van der Waals surface area (Å²) in [5, 5.41) is 3.13. The number of hydrogen-bond acceptors (Lipinski definition) is 4. The summed E-state index contributed by atoms with van der Waals surface area (Å²) < 4.78 is 25.7. The van der Waals surface area contributed by atoms with Gasteiger partial charge in [-0.3, -0.25) is 4.98 Å². The van der Waals surface area contributed by atoms with E-state index in [2.05, 4.69) is 15.0 Å². The fraction of sp³-hybridized carbons (Fsp3) is 0.583. The Balaban J connectivity index is 1.54. The van der Waals surface area contributed by atoms with Crippen molar-refractivity contribution in [1.29, 1.82) is 0 Å². The Morgan fingerprint density at radius 3 is 2.83 bits per heavy atom. The standard InChI is InChI=1S/C12H19N3O2S/c16-18(17,12-4-5-12)15-8-2-7-14-10-11-3-1-6-13-9-11/h1,3,6,9,12,14-15H,2,4-5,7-8,10H2. The van der Waals surface area contributed by atoms with E-state index in [0.29, 0.717) is 6.54 Å². The summed E-state index contributed by atoms with van der Waals surface area (Å²) in [6, 6.07) is 3.91. The SMILES string of the molecule is O=S(=O)(NCCCNCc1cccnc1)C1CC1. The zero-order chi connectivity index (χ0) is 12.8. The van der Waals surface area contributed by atoms with Crippen LogP contribution in [0.3, 0.4) is 0 Å². The molecule has 5 nitrogen and oxygen atoms in total. The highest BCUT2D eigenvalue weighted by Gasteiger charge is 2.34. The van der Waals surface area contributed by atoms with E-state index >= 15 is 0 Å². The minimum Gasteiger partial charge on any atom is -0.313 e. The molecule has 0 atom stereocenters. The maximum atomic E-state index is 11.5. The second-order valence-corrected chi connectivity index (χ2v) is 6.58. The highest BCUT2D eigenvalue weighted by molar-refractivity contribution is 7.90. The summed E-state index contributed by atoms with van der Waals surface area (Å²) in [5.74, 6) is 0. The monoisotopic (exact) mass is 269 g/mol. The lowest BCUT2D eigenvalue weighted by Gasteiger charge is -2.06. The Morgan fingerprint density at radius 1 is 1.33 bits per heavy atom. The molecule has 1 aliphatic rings. The largest absolute Gasteiger partial charge is 0.313 e. The molecular weight excluding hydrogens is 250 g/mol. The molecule has 0 saturated heterocycles. The van der Waals surface area contributed by atoms with Gasteiger partial charge in [-0.2, -0.15) is 0 Å². The van der Waals surface area contributed by atoms with Crippen LogP contribution in [0.2, 0.25) is 0 Å². The first kappa shape index (κ1) is 13.5. The third-order valence-corrected chi connectivity index (χ3v) is 4.80. The number of nitrogens with zero attached hydrogens (tertiary/aromatic N) is 1. The molecule has 1 aliphatic carbocycles. The molecule has 6 heteroatoms. The van der Waals surface area contributed by atoms with Crippen LogP contribution in [-0.2, 0) is 16.6 Å². The molecule has 2 rings (SSSR count). The molecule has 0 radical (unpaired) electrons. The number of nitrogens with one attached hydrogen (secondary N) is 2. The maximum absolute atomic E-state index is 11.5. The van der Waals surface area contributed by atoms with Gasteiger partial charge in [0.1, 0.15) is 0 Å². The zero-order valence-electron chi connectivity index (χ0n) is 10.3. The van der Waals surface area contributed by atoms with Crippen LogP contribution in [0, 0.1) is 0 Å². The number of rotatable bonds is 8. The first-order valence-corrected chi connectivity index (χ1v) is 7.81. The fourth-order valence-electron chi connectivity index (χ4n) is 1.66. The highest BCUT2D eigenvalue weighted by Crippen LogP contribution is 2.27. The third-order valence-electron chi connectivity index (χ3n) is 2.85. The van der Waals surface area contributed by atoms with Gasteiger partial charge in [0.15, 0.2) is 0 Å². The predicted octanol–water partition coefficient (Wildman–Crippen LogP) is 0.643. The van der Waals surface area contributed by atoms with Crippen molar-refractivity contribution in [3.05, 3.63) is 30.1 Å². The second-order valence-electron chi connectivity index (χ2n) is 4.53. The van der Waals surface area contributed by atoms with Crippen molar-refractivity contribution >= 4 is 10.0 Å². The van der Waals surface area contributed by atoms with E-state index in [1.54, 1.807) is 6.20 Å².